The van der Waals surface area contributed by atoms with E-state index in [1.165, 1.54) is 0 Å². The lowest BCUT2D eigenvalue weighted by molar-refractivity contribution is 0.0104. The fourth-order valence-electron chi connectivity index (χ4n) is 2.15. The molecule has 1 aromatic heterocycles. The fourth-order valence-corrected chi connectivity index (χ4v) is 2.35. The van der Waals surface area contributed by atoms with Crippen LogP contribution in [0.2, 0.25) is 5.22 Å². The van der Waals surface area contributed by atoms with Gasteiger partial charge in [-0.3, -0.25) is 0 Å². The highest BCUT2D eigenvalue weighted by atomic mass is 35.5. The lowest BCUT2D eigenvalue weighted by Crippen LogP contribution is -2.32. The summed E-state index contributed by atoms with van der Waals surface area (Å²) in [7, 11) is 0. The maximum Gasteiger partial charge on any atom is 0.193 e. The molecule has 0 radical (unpaired) electrons. The monoisotopic (exact) mass is 215 g/mol. The minimum atomic E-state index is -0.820. The van der Waals surface area contributed by atoms with Crippen molar-refractivity contribution in [2.24, 2.45) is 5.73 Å². The molecule has 0 amide bonds. The van der Waals surface area contributed by atoms with Crippen molar-refractivity contribution in [3.8, 4) is 0 Å². The Bertz CT molecular complexity index is 337. The van der Waals surface area contributed by atoms with Crippen LogP contribution in [0.15, 0.2) is 10.5 Å². The minimum absolute atomic E-state index is 0.354. The van der Waals surface area contributed by atoms with Crippen LogP contribution in [0.25, 0.3) is 0 Å². The van der Waals surface area contributed by atoms with Crippen molar-refractivity contribution in [3.63, 3.8) is 0 Å². The molecule has 0 fully saturated rings. The van der Waals surface area contributed by atoms with Crippen LogP contribution in [0.5, 0.6) is 0 Å². The Morgan fingerprint density at radius 2 is 2.43 bits per heavy atom. The first kappa shape index (κ1) is 10.0. The topological polar surface area (TPSA) is 59.4 Å². The number of hydrogen-bond donors (Lipinski definition) is 2. The second kappa shape index (κ2) is 3.57. The van der Waals surface area contributed by atoms with E-state index < -0.39 is 5.60 Å². The fraction of sp³-hybridized carbons (Fsp3) is 0.600. The molecule has 0 aliphatic heterocycles. The van der Waals surface area contributed by atoms with Crippen LogP contribution in [0.3, 0.4) is 0 Å². The third-order valence-corrected chi connectivity index (χ3v) is 3.02. The van der Waals surface area contributed by atoms with E-state index in [0.29, 0.717) is 18.2 Å². The molecule has 0 spiro atoms. The predicted octanol–water partition coefficient (Wildman–Crippen LogP) is 1.81. The van der Waals surface area contributed by atoms with Gasteiger partial charge in [0.1, 0.15) is 5.76 Å². The molecule has 1 heterocycles. The largest absolute Gasteiger partial charge is 0.449 e. The predicted molar refractivity (Wildman–Crippen MR) is 54.2 cm³/mol. The molecular formula is C10H14ClNO2. The summed E-state index contributed by atoms with van der Waals surface area (Å²) in [4.78, 5) is 0. The van der Waals surface area contributed by atoms with Crippen molar-refractivity contribution in [1.82, 2.24) is 0 Å². The Kier molecular flexibility index (Phi) is 2.56. The van der Waals surface area contributed by atoms with Crippen LogP contribution < -0.4 is 5.73 Å². The summed E-state index contributed by atoms with van der Waals surface area (Å²) in [6.07, 6.45) is 3.09. The van der Waals surface area contributed by atoms with Gasteiger partial charge in [-0.15, -0.1) is 0 Å². The highest BCUT2D eigenvalue weighted by Crippen LogP contribution is 2.40. The number of aryl methyl sites for hydroxylation is 1. The summed E-state index contributed by atoms with van der Waals surface area (Å²) in [6.45, 7) is 0.471. The Labute approximate surface area is 87.8 Å². The maximum absolute atomic E-state index is 10.3. The van der Waals surface area contributed by atoms with Gasteiger partial charge >= 0.3 is 0 Å². The van der Waals surface area contributed by atoms with Gasteiger partial charge in [0.25, 0.3) is 0 Å². The van der Waals surface area contributed by atoms with E-state index in [4.69, 9.17) is 21.8 Å². The van der Waals surface area contributed by atoms with Gasteiger partial charge in [0.2, 0.25) is 0 Å². The minimum Gasteiger partial charge on any atom is -0.449 e. The van der Waals surface area contributed by atoms with E-state index in [2.05, 4.69) is 0 Å². The lowest BCUT2D eigenvalue weighted by Gasteiger charge is -2.31. The van der Waals surface area contributed by atoms with Crippen LogP contribution in [0.1, 0.15) is 30.6 Å². The van der Waals surface area contributed by atoms with Crippen LogP contribution >= 0.6 is 11.6 Å². The molecule has 1 atom stereocenters. The highest BCUT2D eigenvalue weighted by Gasteiger charge is 2.36. The van der Waals surface area contributed by atoms with E-state index in [1.807, 2.05) is 0 Å². The molecule has 0 saturated carbocycles. The van der Waals surface area contributed by atoms with Crippen molar-refractivity contribution >= 4 is 11.6 Å². The van der Waals surface area contributed by atoms with Crippen molar-refractivity contribution in [2.75, 3.05) is 6.54 Å². The van der Waals surface area contributed by atoms with Gasteiger partial charge in [0.05, 0.1) is 5.60 Å². The van der Waals surface area contributed by atoms with E-state index in [9.17, 15) is 5.11 Å². The Morgan fingerprint density at radius 1 is 1.64 bits per heavy atom. The summed E-state index contributed by atoms with van der Waals surface area (Å²) in [5.41, 5.74) is 5.50. The van der Waals surface area contributed by atoms with Gasteiger partial charge in [-0.25, -0.2) is 0 Å². The first-order chi connectivity index (χ1) is 6.65. The van der Waals surface area contributed by atoms with Gasteiger partial charge in [0.15, 0.2) is 5.22 Å². The molecule has 0 aromatic carbocycles. The average Bonchev–Trinajstić information content (AvgIpc) is 2.48. The first-order valence-corrected chi connectivity index (χ1v) is 5.25. The molecule has 0 bridgehead atoms. The second-order valence-electron chi connectivity index (χ2n) is 3.81. The lowest BCUT2D eigenvalue weighted by atomic mass is 9.81. The number of nitrogens with two attached hydrogens (primary N) is 1. The molecule has 1 unspecified atom stereocenters. The quantitative estimate of drug-likeness (QED) is 0.791. The standard InChI is InChI=1S/C10H14ClNO2/c11-9-6-7-8(14-9)2-1-3-10(7,13)4-5-12/h6,13H,1-5,12H2. The molecule has 3 nitrogen and oxygen atoms in total. The smallest absolute Gasteiger partial charge is 0.193 e. The summed E-state index contributed by atoms with van der Waals surface area (Å²) >= 11 is 5.77. The molecule has 4 heteroatoms. The van der Waals surface area contributed by atoms with Crippen molar-refractivity contribution in [1.29, 1.82) is 0 Å². The number of fused-ring (bicyclic) bond motifs is 1. The maximum atomic E-state index is 10.3. The highest BCUT2D eigenvalue weighted by molar-refractivity contribution is 6.28. The van der Waals surface area contributed by atoms with Crippen LogP contribution in [0, 0.1) is 0 Å². The van der Waals surface area contributed by atoms with Crippen LogP contribution in [0.4, 0.5) is 0 Å². The van der Waals surface area contributed by atoms with Crippen LogP contribution in [-0.2, 0) is 12.0 Å². The molecular weight excluding hydrogens is 202 g/mol. The SMILES string of the molecule is NCCC1(O)CCCc2oc(Cl)cc21. The third-order valence-electron chi connectivity index (χ3n) is 2.83. The molecule has 1 aliphatic rings. The zero-order valence-corrected chi connectivity index (χ0v) is 8.68. The summed E-state index contributed by atoms with van der Waals surface area (Å²) in [6, 6.07) is 1.71. The molecule has 1 aromatic rings. The second-order valence-corrected chi connectivity index (χ2v) is 4.18. The summed E-state index contributed by atoms with van der Waals surface area (Å²) in [5.74, 6) is 0.817. The number of hydrogen-bond acceptors (Lipinski definition) is 3. The van der Waals surface area contributed by atoms with E-state index in [-0.39, 0.29) is 0 Å². The zero-order valence-electron chi connectivity index (χ0n) is 7.92. The number of aliphatic hydroxyl groups is 1. The zero-order chi connectivity index (χ0) is 10.2. The van der Waals surface area contributed by atoms with Crippen molar-refractivity contribution in [2.45, 2.75) is 31.3 Å². The van der Waals surface area contributed by atoms with Crippen molar-refractivity contribution in [3.05, 3.63) is 22.6 Å². The number of rotatable bonds is 2. The Balaban J connectivity index is 2.38. The van der Waals surface area contributed by atoms with E-state index in [1.54, 1.807) is 6.07 Å². The van der Waals surface area contributed by atoms with E-state index in [0.717, 1.165) is 30.6 Å². The van der Waals surface area contributed by atoms with E-state index >= 15 is 0 Å². The first-order valence-electron chi connectivity index (χ1n) is 4.87. The normalized spacial score (nSPS) is 26.2. The van der Waals surface area contributed by atoms with Gasteiger partial charge in [-0.2, -0.15) is 0 Å². The summed E-state index contributed by atoms with van der Waals surface area (Å²) in [5, 5.41) is 10.7. The van der Waals surface area contributed by atoms with Gasteiger partial charge in [-0.05, 0) is 37.4 Å². The number of halogens is 1. The molecule has 3 N–H and O–H groups in total. The van der Waals surface area contributed by atoms with Gasteiger partial charge in [-0.1, -0.05) is 0 Å². The molecule has 78 valence electrons. The average molecular weight is 216 g/mol. The molecule has 14 heavy (non-hydrogen) atoms. The Morgan fingerprint density at radius 3 is 3.14 bits per heavy atom. The number of furan rings is 1. The Hall–Kier alpha value is -0.510. The molecule has 1 aliphatic carbocycles. The van der Waals surface area contributed by atoms with Crippen molar-refractivity contribution < 1.29 is 9.52 Å². The molecule has 0 saturated heterocycles. The van der Waals surface area contributed by atoms with Gasteiger partial charge in [0, 0.05) is 18.1 Å². The summed E-state index contributed by atoms with van der Waals surface area (Å²) < 4.78 is 5.31. The third kappa shape index (κ3) is 1.56. The van der Waals surface area contributed by atoms with Gasteiger partial charge < -0.3 is 15.3 Å². The molecule has 2 rings (SSSR count). The van der Waals surface area contributed by atoms with Crippen LogP contribution in [-0.4, -0.2) is 11.7 Å².